The number of hydrogen-bond acceptors (Lipinski definition) is 8. The molecule has 0 aliphatic rings. The van der Waals surface area contributed by atoms with Crippen molar-refractivity contribution in [3.8, 4) is 11.3 Å². The van der Waals surface area contributed by atoms with E-state index in [-0.39, 0.29) is 36.9 Å². The third kappa shape index (κ3) is 6.41. The number of carbonyl (C=O) groups excluding carboxylic acids is 1. The molecule has 0 aliphatic carbocycles. The lowest BCUT2D eigenvalue weighted by molar-refractivity contribution is -0.121. The summed E-state index contributed by atoms with van der Waals surface area (Å²) in [5.74, 6) is -0.690. The molecule has 0 fully saturated rings. The lowest BCUT2D eigenvalue weighted by Crippen LogP contribution is -2.36. The molecule has 0 saturated carbocycles. The van der Waals surface area contributed by atoms with E-state index in [0.717, 1.165) is 5.56 Å². The second-order valence-corrected chi connectivity index (χ2v) is 7.64. The SMILES string of the molecule is Cc1cc(C)c(-c2cc(SCCC(=O)NC[C@H](O)CN)nc(N)n2)cc1C(=O)O. The highest BCUT2D eigenvalue weighted by Crippen LogP contribution is 2.29. The van der Waals surface area contributed by atoms with Crippen molar-refractivity contribution in [2.24, 2.45) is 5.73 Å². The molecule has 1 amide bonds. The first kappa shape index (κ1) is 22.6. The zero-order valence-electron chi connectivity index (χ0n) is 16.3. The van der Waals surface area contributed by atoms with Crippen molar-refractivity contribution in [3.05, 3.63) is 34.9 Å². The summed E-state index contributed by atoms with van der Waals surface area (Å²) in [6, 6.07) is 5.10. The number of aliphatic hydroxyl groups excluding tert-OH is 1. The number of carbonyl (C=O) groups is 2. The Labute approximate surface area is 172 Å². The number of nitrogen functional groups attached to an aromatic ring is 1. The fourth-order valence-corrected chi connectivity index (χ4v) is 3.51. The monoisotopic (exact) mass is 419 g/mol. The van der Waals surface area contributed by atoms with E-state index in [4.69, 9.17) is 11.5 Å². The molecule has 0 spiro atoms. The van der Waals surface area contributed by atoms with Crippen LogP contribution in [-0.2, 0) is 4.79 Å². The molecule has 1 aromatic heterocycles. The first-order valence-corrected chi connectivity index (χ1v) is 9.97. The van der Waals surface area contributed by atoms with Gasteiger partial charge in [-0.3, -0.25) is 4.79 Å². The lowest BCUT2D eigenvalue weighted by atomic mass is 9.98. The number of thioether (sulfide) groups is 1. The fraction of sp³-hybridized carbons (Fsp3) is 0.368. The molecule has 0 aliphatic heterocycles. The van der Waals surface area contributed by atoms with E-state index in [1.54, 1.807) is 25.1 Å². The number of carboxylic acid groups (broad SMARTS) is 1. The molecule has 1 atom stereocenters. The van der Waals surface area contributed by atoms with Gasteiger partial charge >= 0.3 is 5.97 Å². The van der Waals surface area contributed by atoms with Crippen molar-refractivity contribution in [2.75, 3.05) is 24.6 Å². The van der Waals surface area contributed by atoms with Crippen LogP contribution < -0.4 is 16.8 Å². The highest BCUT2D eigenvalue weighted by Gasteiger charge is 2.14. The average Bonchev–Trinajstić information content (AvgIpc) is 2.65. The molecular weight excluding hydrogens is 394 g/mol. The predicted molar refractivity (Wildman–Crippen MR) is 112 cm³/mol. The highest BCUT2D eigenvalue weighted by atomic mass is 32.2. The van der Waals surface area contributed by atoms with Gasteiger partial charge in [-0.15, -0.1) is 11.8 Å². The summed E-state index contributed by atoms with van der Waals surface area (Å²) < 4.78 is 0. The molecule has 7 N–H and O–H groups in total. The number of benzene rings is 1. The number of carboxylic acids is 1. The van der Waals surface area contributed by atoms with Crippen LogP contribution in [0, 0.1) is 13.8 Å². The smallest absolute Gasteiger partial charge is 0.335 e. The van der Waals surface area contributed by atoms with Crippen LogP contribution in [0.1, 0.15) is 27.9 Å². The second kappa shape index (κ2) is 10.2. The summed E-state index contributed by atoms with van der Waals surface area (Å²) in [4.78, 5) is 31.7. The first-order valence-electron chi connectivity index (χ1n) is 8.98. The summed E-state index contributed by atoms with van der Waals surface area (Å²) in [5, 5.41) is 21.9. The van der Waals surface area contributed by atoms with Gasteiger partial charge < -0.3 is 27.0 Å². The van der Waals surface area contributed by atoms with Crippen molar-refractivity contribution < 1.29 is 19.8 Å². The van der Waals surface area contributed by atoms with Crippen LogP contribution in [0.2, 0.25) is 0 Å². The molecular formula is C19H25N5O4S. The molecule has 2 rings (SSSR count). The molecule has 10 heteroatoms. The van der Waals surface area contributed by atoms with E-state index >= 15 is 0 Å². The van der Waals surface area contributed by atoms with Crippen LogP contribution >= 0.6 is 11.8 Å². The Morgan fingerprint density at radius 2 is 1.93 bits per heavy atom. The number of aromatic carboxylic acids is 1. The maximum atomic E-state index is 11.8. The second-order valence-electron chi connectivity index (χ2n) is 6.53. The Hall–Kier alpha value is -2.69. The number of nitrogens with zero attached hydrogens (tertiary/aromatic N) is 2. The van der Waals surface area contributed by atoms with Gasteiger partial charge in [0.2, 0.25) is 11.9 Å². The van der Waals surface area contributed by atoms with Crippen LogP contribution in [0.5, 0.6) is 0 Å². The molecule has 0 unspecified atom stereocenters. The summed E-state index contributed by atoms with van der Waals surface area (Å²) in [5.41, 5.74) is 14.1. The van der Waals surface area contributed by atoms with E-state index < -0.39 is 12.1 Å². The highest BCUT2D eigenvalue weighted by molar-refractivity contribution is 7.99. The molecule has 9 nitrogen and oxygen atoms in total. The standard InChI is InChI=1S/C19H25N5O4S/c1-10-5-11(2)14(18(27)28)6-13(10)15-7-17(24-19(21)23-15)29-4-3-16(26)22-9-12(25)8-20/h5-7,12,25H,3-4,8-9,20H2,1-2H3,(H,22,26)(H,27,28)(H2,21,23,24)/t12-/m1/s1. The van der Waals surface area contributed by atoms with Crippen molar-refractivity contribution in [1.82, 2.24) is 15.3 Å². The predicted octanol–water partition coefficient (Wildman–Crippen LogP) is 0.959. The Morgan fingerprint density at radius 3 is 2.59 bits per heavy atom. The summed E-state index contributed by atoms with van der Waals surface area (Å²) in [7, 11) is 0. The number of amides is 1. The van der Waals surface area contributed by atoms with E-state index in [0.29, 0.717) is 27.6 Å². The number of aliphatic hydroxyl groups is 1. The fourth-order valence-electron chi connectivity index (χ4n) is 2.67. The van der Waals surface area contributed by atoms with Crippen molar-refractivity contribution in [1.29, 1.82) is 0 Å². The molecule has 156 valence electrons. The van der Waals surface area contributed by atoms with Crippen LogP contribution in [-0.4, -0.2) is 57.0 Å². The van der Waals surface area contributed by atoms with E-state index in [2.05, 4.69) is 15.3 Å². The Balaban J connectivity index is 2.12. The Bertz CT molecular complexity index is 906. The number of anilines is 1. The number of nitrogens with two attached hydrogens (primary N) is 2. The maximum absolute atomic E-state index is 11.8. The Morgan fingerprint density at radius 1 is 1.21 bits per heavy atom. The molecule has 1 aromatic carbocycles. The van der Waals surface area contributed by atoms with Crippen molar-refractivity contribution >= 4 is 29.6 Å². The molecule has 0 radical (unpaired) electrons. The number of nitrogens with one attached hydrogen (secondary N) is 1. The molecule has 2 aromatic rings. The van der Waals surface area contributed by atoms with Crippen LogP contribution in [0.3, 0.4) is 0 Å². The normalized spacial score (nSPS) is 11.9. The van der Waals surface area contributed by atoms with Crippen LogP contribution in [0.25, 0.3) is 11.3 Å². The quantitative estimate of drug-likeness (QED) is 0.294. The average molecular weight is 420 g/mol. The van der Waals surface area contributed by atoms with Crippen LogP contribution in [0.4, 0.5) is 5.95 Å². The van der Waals surface area contributed by atoms with E-state index in [1.165, 1.54) is 11.8 Å². The van der Waals surface area contributed by atoms with Gasteiger partial charge in [-0.05, 0) is 37.1 Å². The largest absolute Gasteiger partial charge is 0.478 e. The summed E-state index contributed by atoms with van der Waals surface area (Å²) in [6.45, 7) is 3.82. The van der Waals surface area contributed by atoms with Gasteiger partial charge in [-0.25, -0.2) is 14.8 Å². The summed E-state index contributed by atoms with van der Waals surface area (Å²) in [6.07, 6.45) is -0.530. The van der Waals surface area contributed by atoms with Crippen molar-refractivity contribution in [2.45, 2.75) is 31.4 Å². The third-order valence-electron chi connectivity index (χ3n) is 4.18. The topological polar surface area (TPSA) is 164 Å². The van der Waals surface area contributed by atoms with Gasteiger partial charge in [-0.1, -0.05) is 6.07 Å². The number of rotatable bonds is 9. The number of hydrogen-bond donors (Lipinski definition) is 5. The lowest BCUT2D eigenvalue weighted by Gasteiger charge is -2.11. The molecule has 29 heavy (non-hydrogen) atoms. The third-order valence-corrected chi connectivity index (χ3v) is 5.10. The minimum atomic E-state index is -1.01. The van der Waals surface area contributed by atoms with Gasteiger partial charge in [0.15, 0.2) is 0 Å². The zero-order chi connectivity index (χ0) is 21.6. The van der Waals surface area contributed by atoms with E-state index in [9.17, 15) is 19.8 Å². The summed E-state index contributed by atoms with van der Waals surface area (Å²) >= 11 is 1.34. The van der Waals surface area contributed by atoms with Gasteiger partial charge in [0, 0.05) is 30.8 Å². The zero-order valence-corrected chi connectivity index (χ0v) is 17.1. The van der Waals surface area contributed by atoms with Crippen LogP contribution in [0.15, 0.2) is 23.2 Å². The minimum absolute atomic E-state index is 0.0670. The number of aryl methyl sites for hydroxylation is 2. The minimum Gasteiger partial charge on any atom is -0.478 e. The van der Waals surface area contributed by atoms with Gasteiger partial charge in [0.25, 0.3) is 0 Å². The molecule has 0 bridgehead atoms. The maximum Gasteiger partial charge on any atom is 0.335 e. The Kier molecular flexibility index (Phi) is 7.94. The van der Waals surface area contributed by atoms with Gasteiger partial charge in [0.1, 0.15) is 5.03 Å². The number of aromatic nitrogens is 2. The van der Waals surface area contributed by atoms with Gasteiger partial charge in [-0.2, -0.15) is 0 Å². The van der Waals surface area contributed by atoms with Gasteiger partial charge in [0.05, 0.1) is 17.4 Å². The molecule has 0 saturated heterocycles. The first-order chi connectivity index (χ1) is 13.7. The molecule has 1 heterocycles. The van der Waals surface area contributed by atoms with Crippen molar-refractivity contribution in [3.63, 3.8) is 0 Å². The van der Waals surface area contributed by atoms with E-state index in [1.807, 2.05) is 6.92 Å².